The van der Waals surface area contributed by atoms with Crippen molar-refractivity contribution >= 4 is 29.7 Å². The molecule has 0 aromatic heterocycles. The van der Waals surface area contributed by atoms with E-state index in [0.717, 1.165) is 0 Å². The number of hydrogen-bond donors (Lipinski definition) is 2. The lowest BCUT2D eigenvalue weighted by atomic mass is 10.1. The van der Waals surface area contributed by atoms with E-state index in [2.05, 4.69) is 10.5 Å². The van der Waals surface area contributed by atoms with Crippen molar-refractivity contribution in [2.45, 2.75) is 0 Å². The Morgan fingerprint density at radius 2 is 1.67 bits per heavy atom. The number of carboxylic acid groups (broad SMARTS) is 1. The Bertz CT molecular complexity index is 714. The number of hydrazone groups is 1. The zero-order valence-corrected chi connectivity index (χ0v) is 11.5. The molecule has 0 aliphatic carbocycles. The molecule has 0 spiro atoms. The first-order valence-corrected chi connectivity index (χ1v) is 6.37. The summed E-state index contributed by atoms with van der Waals surface area (Å²) >= 11 is 5.89. The number of nitrogens with one attached hydrogen (secondary N) is 1. The van der Waals surface area contributed by atoms with E-state index in [-0.39, 0.29) is 5.56 Å². The molecule has 0 heterocycles. The molecule has 0 bridgehead atoms. The summed E-state index contributed by atoms with van der Waals surface area (Å²) in [5.74, 6) is -1.53. The van der Waals surface area contributed by atoms with Crippen LogP contribution in [0.25, 0.3) is 0 Å². The molecular weight excluding hydrogens is 292 g/mol. The van der Waals surface area contributed by atoms with Crippen molar-refractivity contribution in [3.8, 4) is 0 Å². The maximum atomic E-state index is 11.8. The van der Waals surface area contributed by atoms with E-state index < -0.39 is 11.9 Å². The summed E-state index contributed by atoms with van der Waals surface area (Å²) in [6, 6.07) is 12.9. The molecule has 0 aliphatic heterocycles. The summed E-state index contributed by atoms with van der Waals surface area (Å²) in [5, 5.41) is 13.1. The lowest BCUT2D eigenvalue weighted by Gasteiger charge is -2.02. The number of carbonyl (C=O) groups is 2. The number of amides is 1. The van der Waals surface area contributed by atoms with E-state index in [1.807, 2.05) is 0 Å². The number of aromatic carboxylic acids is 1. The number of rotatable bonds is 4. The van der Waals surface area contributed by atoms with E-state index in [1.54, 1.807) is 42.5 Å². The molecule has 21 heavy (non-hydrogen) atoms. The lowest BCUT2D eigenvalue weighted by molar-refractivity contribution is 0.0696. The fraction of sp³-hybridized carbons (Fsp3) is 0. The molecule has 0 fully saturated rings. The first-order chi connectivity index (χ1) is 10.1. The molecule has 2 N–H and O–H groups in total. The van der Waals surface area contributed by atoms with Gasteiger partial charge in [0.15, 0.2) is 0 Å². The summed E-state index contributed by atoms with van der Waals surface area (Å²) in [4.78, 5) is 22.9. The van der Waals surface area contributed by atoms with Crippen LogP contribution in [-0.2, 0) is 0 Å². The largest absolute Gasteiger partial charge is 0.478 e. The van der Waals surface area contributed by atoms with Crippen LogP contribution in [0.5, 0.6) is 0 Å². The van der Waals surface area contributed by atoms with Crippen molar-refractivity contribution in [1.29, 1.82) is 0 Å². The molecule has 0 saturated heterocycles. The van der Waals surface area contributed by atoms with Gasteiger partial charge in [-0.3, -0.25) is 4.79 Å². The predicted octanol–water partition coefficient (Wildman–Crippen LogP) is 2.80. The minimum Gasteiger partial charge on any atom is -0.478 e. The molecule has 0 radical (unpaired) electrons. The van der Waals surface area contributed by atoms with Crippen LogP contribution in [0.3, 0.4) is 0 Å². The highest BCUT2D eigenvalue weighted by Gasteiger charge is 2.09. The van der Waals surface area contributed by atoms with E-state index in [4.69, 9.17) is 16.7 Å². The molecule has 1 amide bonds. The number of halogens is 1. The Balaban J connectivity index is 2.12. The van der Waals surface area contributed by atoms with Gasteiger partial charge in [0.2, 0.25) is 0 Å². The monoisotopic (exact) mass is 302 g/mol. The van der Waals surface area contributed by atoms with E-state index in [1.165, 1.54) is 12.3 Å². The van der Waals surface area contributed by atoms with Gasteiger partial charge in [0.25, 0.3) is 5.91 Å². The number of carbonyl (C=O) groups excluding carboxylic acids is 1. The van der Waals surface area contributed by atoms with Crippen LogP contribution in [0.1, 0.15) is 26.3 Å². The summed E-state index contributed by atoms with van der Waals surface area (Å²) in [7, 11) is 0. The average molecular weight is 303 g/mol. The molecule has 0 unspecified atom stereocenters. The van der Waals surface area contributed by atoms with Gasteiger partial charge >= 0.3 is 5.97 Å². The van der Waals surface area contributed by atoms with Crippen LogP contribution in [0.4, 0.5) is 0 Å². The van der Waals surface area contributed by atoms with Crippen molar-refractivity contribution in [2.24, 2.45) is 5.10 Å². The van der Waals surface area contributed by atoms with Crippen LogP contribution in [0, 0.1) is 0 Å². The maximum absolute atomic E-state index is 11.8. The van der Waals surface area contributed by atoms with Crippen LogP contribution in [0.2, 0.25) is 5.02 Å². The summed E-state index contributed by atoms with van der Waals surface area (Å²) in [6.45, 7) is 0. The zero-order valence-electron chi connectivity index (χ0n) is 10.8. The number of nitrogens with zero attached hydrogens (tertiary/aromatic N) is 1. The molecule has 0 atom stereocenters. The lowest BCUT2D eigenvalue weighted by Crippen LogP contribution is -2.18. The van der Waals surface area contributed by atoms with Gasteiger partial charge in [-0.2, -0.15) is 5.10 Å². The Morgan fingerprint density at radius 3 is 2.33 bits per heavy atom. The van der Waals surface area contributed by atoms with Gasteiger partial charge in [0.05, 0.1) is 22.4 Å². The molecule has 2 aromatic rings. The van der Waals surface area contributed by atoms with Crippen molar-refractivity contribution in [3.63, 3.8) is 0 Å². The van der Waals surface area contributed by atoms with Gasteiger partial charge in [-0.1, -0.05) is 41.9 Å². The fourth-order valence-electron chi connectivity index (χ4n) is 1.67. The molecule has 0 aliphatic rings. The minimum absolute atomic E-state index is 0.105. The first-order valence-electron chi connectivity index (χ1n) is 6.00. The van der Waals surface area contributed by atoms with Gasteiger partial charge in [0, 0.05) is 5.56 Å². The van der Waals surface area contributed by atoms with E-state index in [0.29, 0.717) is 16.1 Å². The fourth-order valence-corrected chi connectivity index (χ4v) is 1.89. The second kappa shape index (κ2) is 6.67. The minimum atomic E-state index is -1.06. The quantitative estimate of drug-likeness (QED) is 0.673. The van der Waals surface area contributed by atoms with Gasteiger partial charge < -0.3 is 5.11 Å². The van der Waals surface area contributed by atoms with Crippen LogP contribution in [-0.4, -0.2) is 23.2 Å². The first kappa shape index (κ1) is 14.7. The second-order valence-corrected chi connectivity index (χ2v) is 4.48. The van der Waals surface area contributed by atoms with Crippen LogP contribution >= 0.6 is 11.6 Å². The number of benzene rings is 2. The highest BCUT2D eigenvalue weighted by Crippen LogP contribution is 2.14. The molecular formula is C15H11ClN2O3. The number of hydrogen-bond acceptors (Lipinski definition) is 3. The Morgan fingerprint density at radius 1 is 1.05 bits per heavy atom. The van der Waals surface area contributed by atoms with Crippen molar-refractivity contribution < 1.29 is 14.7 Å². The van der Waals surface area contributed by atoms with Crippen molar-refractivity contribution in [2.75, 3.05) is 0 Å². The predicted molar refractivity (Wildman–Crippen MR) is 79.9 cm³/mol. The topological polar surface area (TPSA) is 78.8 Å². The standard InChI is InChI=1S/C15H11ClN2O3/c16-13-8-4-3-7-12(13)14(19)18-17-9-10-5-1-2-6-11(10)15(20)21/h1-9H,(H,18,19)(H,20,21). The highest BCUT2D eigenvalue weighted by molar-refractivity contribution is 6.33. The normalized spacial score (nSPS) is 10.5. The Kier molecular flexibility index (Phi) is 4.68. The van der Waals surface area contributed by atoms with E-state index >= 15 is 0 Å². The molecule has 0 saturated carbocycles. The van der Waals surface area contributed by atoms with Crippen molar-refractivity contribution in [1.82, 2.24) is 5.43 Å². The third-order valence-corrected chi connectivity index (χ3v) is 3.01. The summed E-state index contributed by atoms with van der Waals surface area (Å²) in [6.07, 6.45) is 1.28. The van der Waals surface area contributed by atoms with Gasteiger partial charge in [0.1, 0.15) is 0 Å². The van der Waals surface area contributed by atoms with Gasteiger partial charge in [-0.25, -0.2) is 10.2 Å². The van der Waals surface area contributed by atoms with Crippen LogP contribution in [0.15, 0.2) is 53.6 Å². The Labute approximate surface area is 125 Å². The zero-order chi connectivity index (χ0) is 15.2. The molecule has 2 rings (SSSR count). The Hall–Kier alpha value is -2.66. The molecule has 6 heteroatoms. The maximum Gasteiger partial charge on any atom is 0.336 e. The summed E-state index contributed by atoms with van der Waals surface area (Å²) < 4.78 is 0. The molecule has 2 aromatic carbocycles. The molecule has 106 valence electrons. The van der Waals surface area contributed by atoms with Gasteiger partial charge in [-0.05, 0) is 18.2 Å². The van der Waals surface area contributed by atoms with E-state index in [9.17, 15) is 9.59 Å². The van der Waals surface area contributed by atoms with Gasteiger partial charge in [-0.15, -0.1) is 0 Å². The molecule has 5 nitrogen and oxygen atoms in total. The smallest absolute Gasteiger partial charge is 0.336 e. The average Bonchev–Trinajstić information content (AvgIpc) is 2.48. The third-order valence-electron chi connectivity index (χ3n) is 2.68. The van der Waals surface area contributed by atoms with Crippen LogP contribution < -0.4 is 5.43 Å². The summed E-state index contributed by atoms with van der Waals surface area (Å²) in [5.41, 5.74) is 3.10. The highest BCUT2D eigenvalue weighted by atomic mass is 35.5. The van der Waals surface area contributed by atoms with Crippen molar-refractivity contribution in [3.05, 3.63) is 70.2 Å². The number of carboxylic acids is 1. The second-order valence-electron chi connectivity index (χ2n) is 4.07. The SMILES string of the molecule is O=C(NN=Cc1ccccc1C(=O)O)c1ccccc1Cl. The third kappa shape index (κ3) is 3.67.